The maximum Gasteiger partial charge on any atom is 0.396 e. The van der Waals surface area contributed by atoms with Crippen molar-refractivity contribution in [2.75, 3.05) is 20.8 Å². The van der Waals surface area contributed by atoms with Crippen molar-refractivity contribution >= 4 is 17.8 Å². The predicted molar refractivity (Wildman–Crippen MR) is 49.6 cm³/mol. The van der Waals surface area contributed by atoms with Gasteiger partial charge in [0, 0.05) is 6.54 Å². The molecule has 1 amide bonds. The standard InChI is InChI=1S/C8H14N2O5/c1-14-7(12)5(9)3-4-10-6(11)8(13)15-2/h5H,3-4,9H2,1-2H3,(H,10,11)/t5-/m0/s1. The number of esters is 2. The maximum absolute atomic E-state index is 10.9. The van der Waals surface area contributed by atoms with Crippen molar-refractivity contribution < 1.29 is 23.9 Å². The lowest BCUT2D eigenvalue weighted by atomic mass is 10.2. The number of hydrogen-bond donors (Lipinski definition) is 2. The van der Waals surface area contributed by atoms with Crippen LogP contribution in [0.3, 0.4) is 0 Å². The van der Waals surface area contributed by atoms with E-state index in [1.807, 2.05) is 0 Å². The topological polar surface area (TPSA) is 108 Å². The fourth-order valence-electron chi connectivity index (χ4n) is 0.775. The Morgan fingerprint density at radius 2 is 1.87 bits per heavy atom. The molecule has 0 aliphatic rings. The SMILES string of the molecule is COC(=O)C(=O)NCC[C@H](N)C(=O)OC. The first-order valence-corrected chi connectivity index (χ1v) is 4.22. The van der Waals surface area contributed by atoms with Crippen LogP contribution in [0.5, 0.6) is 0 Å². The minimum absolute atomic E-state index is 0.101. The Balaban J connectivity index is 3.75. The summed E-state index contributed by atoms with van der Waals surface area (Å²) in [6.45, 7) is 0.101. The zero-order valence-electron chi connectivity index (χ0n) is 8.61. The first kappa shape index (κ1) is 13.4. The number of carbonyl (C=O) groups excluding carboxylic acids is 3. The fourth-order valence-corrected chi connectivity index (χ4v) is 0.775. The Labute approximate surface area is 86.9 Å². The minimum Gasteiger partial charge on any atom is -0.468 e. The summed E-state index contributed by atoms with van der Waals surface area (Å²) < 4.78 is 8.53. The van der Waals surface area contributed by atoms with Gasteiger partial charge in [-0.2, -0.15) is 0 Å². The van der Waals surface area contributed by atoms with Gasteiger partial charge in [0.2, 0.25) is 0 Å². The molecular formula is C8H14N2O5. The molecule has 0 aromatic carbocycles. The summed E-state index contributed by atoms with van der Waals surface area (Å²) in [5.74, 6) is -2.42. The van der Waals surface area contributed by atoms with E-state index in [4.69, 9.17) is 5.73 Å². The van der Waals surface area contributed by atoms with E-state index in [9.17, 15) is 14.4 Å². The van der Waals surface area contributed by atoms with Gasteiger partial charge in [0.25, 0.3) is 0 Å². The number of rotatable bonds is 4. The van der Waals surface area contributed by atoms with E-state index in [2.05, 4.69) is 14.8 Å². The molecule has 0 unspecified atom stereocenters. The zero-order valence-corrected chi connectivity index (χ0v) is 8.61. The van der Waals surface area contributed by atoms with E-state index in [1.165, 1.54) is 7.11 Å². The summed E-state index contributed by atoms with van der Waals surface area (Å²) >= 11 is 0. The van der Waals surface area contributed by atoms with Crippen molar-refractivity contribution in [3.63, 3.8) is 0 Å². The van der Waals surface area contributed by atoms with E-state index in [1.54, 1.807) is 0 Å². The number of amides is 1. The molecule has 0 aliphatic carbocycles. The lowest BCUT2D eigenvalue weighted by Gasteiger charge is -2.08. The van der Waals surface area contributed by atoms with Gasteiger partial charge in [-0.15, -0.1) is 0 Å². The van der Waals surface area contributed by atoms with Gasteiger partial charge in [0.15, 0.2) is 0 Å². The first-order chi connectivity index (χ1) is 7.02. The van der Waals surface area contributed by atoms with E-state index in [-0.39, 0.29) is 13.0 Å². The van der Waals surface area contributed by atoms with Crippen molar-refractivity contribution in [2.45, 2.75) is 12.5 Å². The quantitative estimate of drug-likeness (QED) is 0.424. The van der Waals surface area contributed by atoms with E-state index in [0.29, 0.717) is 0 Å². The first-order valence-electron chi connectivity index (χ1n) is 4.22. The molecule has 0 saturated heterocycles. The Morgan fingerprint density at radius 1 is 1.27 bits per heavy atom. The summed E-state index contributed by atoms with van der Waals surface area (Å²) in [6, 6.07) is -0.812. The molecule has 0 rings (SSSR count). The number of ether oxygens (including phenoxy) is 2. The molecule has 0 aromatic heterocycles. The lowest BCUT2D eigenvalue weighted by Crippen LogP contribution is -2.38. The van der Waals surface area contributed by atoms with Gasteiger partial charge in [0.05, 0.1) is 14.2 Å². The molecule has 3 N–H and O–H groups in total. The average Bonchev–Trinajstić information content (AvgIpc) is 2.26. The second-order valence-electron chi connectivity index (χ2n) is 2.67. The number of nitrogens with two attached hydrogens (primary N) is 1. The van der Waals surface area contributed by atoms with Gasteiger partial charge in [0.1, 0.15) is 6.04 Å². The van der Waals surface area contributed by atoms with Crippen molar-refractivity contribution in [3.05, 3.63) is 0 Å². The van der Waals surface area contributed by atoms with Gasteiger partial charge < -0.3 is 20.5 Å². The molecule has 86 valence electrons. The fraction of sp³-hybridized carbons (Fsp3) is 0.625. The zero-order chi connectivity index (χ0) is 11.8. The van der Waals surface area contributed by atoms with Crippen LogP contribution in [0.25, 0.3) is 0 Å². The molecule has 0 bridgehead atoms. The molecule has 7 nitrogen and oxygen atoms in total. The predicted octanol–water partition coefficient (Wildman–Crippen LogP) is -1.83. The van der Waals surface area contributed by atoms with E-state index < -0.39 is 23.9 Å². The van der Waals surface area contributed by atoms with Crippen molar-refractivity contribution in [2.24, 2.45) is 5.73 Å². The van der Waals surface area contributed by atoms with Gasteiger partial charge >= 0.3 is 17.8 Å². The van der Waals surface area contributed by atoms with Crippen LogP contribution in [-0.4, -0.2) is 44.7 Å². The average molecular weight is 218 g/mol. The number of hydrogen-bond acceptors (Lipinski definition) is 6. The Kier molecular flexibility index (Phi) is 6.03. The van der Waals surface area contributed by atoms with Gasteiger partial charge in [-0.1, -0.05) is 0 Å². The van der Waals surface area contributed by atoms with Gasteiger partial charge in [-0.3, -0.25) is 9.59 Å². The van der Waals surface area contributed by atoms with Crippen LogP contribution in [0.4, 0.5) is 0 Å². The Bertz CT molecular complexity index is 253. The molecule has 0 radical (unpaired) electrons. The lowest BCUT2D eigenvalue weighted by molar-refractivity contribution is -0.152. The van der Waals surface area contributed by atoms with Crippen LogP contribution in [-0.2, 0) is 23.9 Å². The number of methoxy groups -OCH3 is 2. The molecule has 15 heavy (non-hydrogen) atoms. The molecule has 0 heterocycles. The highest BCUT2D eigenvalue weighted by Crippen LogP contribution is 1.89. The van der Waals surface area contributed by atoms with E-state index in [0.717, 1.165) is 7.11 Å². The third kappa shape index (κ3) is 4.96. The van der Waals surface area contributed by atoms with Gasteiger partial charge in [-0.25, -0.2) is 4.79 Å². The molecular weight excluding hydrogens is 204 g/mol. The monoisotopic (exact) mass is 218 g/mol. The molecule has 0 spiro atoms. The summed E-state index contributed by atoms with van der Waals surface area (Å²) in [5, 5.41) is 2.24. The summed E-state index contributed by atoms with van der Waals surface area (Å²) in [7, 11) is 2.32. The molecule has 0 fully saturated rings. The molecule has 1 atom stereocenters. The molecule has 0 aromatic rings. The minimum atomic E-state index is -0.985. The smallest absolute Gasteiger partial charge is 0.396 e. The van der Waals surface area contributed by atoms with Crippen LogP contribution < -0.4 is 11.1 Å². The largest absolute Gasteiger partial charge is 0.468 e. The summed E-state index contributed by atoms with van der Waals surface area (Å²) in [4.78, 5) is 32.3. The highest BCUT2D eigenvalue weighted by molar-refractivity contribution is 6.32. The maximum atomic E-state index is 10.9. The Hall–Kier alpha value is -1.63. The second-order valence-corrected chi connectivity index (χ2v) is 2.67. The van der Waals surface area contributed by atoms with Crippen LogP contribution in [0.1, 0.15) is 6.42 Å². The van der Waals surface area contributed by atoms with Crippen molar-refractivity contribution in [1.29, 1.82) is 0 Å². The highest BCUT2D eigenvalue weighted by Gasteiger charge is 2.16. The number of carbonyl (C=O) groups is 3. The van der Waals surface area contributed by atoms with Crippen molar-refractivity contribution in [3.8, 4) is 0 Å². The van der Waals surface area contributed by atoms with Crippen LogP contribution in [0.15, 0.2) is 0 Å². The van der Waals surface area contributed by atoms with Gasteiger partial charge in [-0.05, 0) is 6.42 Å². The van der Waals surface area contributed by atoms with Crippen molar-refractivity contribution in [1.82, 2.24) is 5.32 Å². The number of nitrogens with one attached hydrogen (secondary N) is 1. The second kappa shape index (κ2) is 6.77. The Morgan fingerprint density at radius 3 is 2.33 bits per heavy atom. The molecule has 7 heteroatoms. The molecule has 0 saturated carbocycles. The van der Waals surface area contributed by atoms with E-state index >= 15 is 0 Å². The molecule has 0 aliphatic heterocycles. The van der Waals surface area contributed by atoms with Crippen LogP contribution in [0.2, 0.25) is 0 Å². The third-order valence-electron chi connectivity index (χ3n) is 1.62. The van der Waals surface area contributed by atoms with Crippen LogP contribution in [0, 0.1) is 0 Å². The van der Waals surface area contributed by atoms with Crippen LogP contribution >= 0.6 is 0 Å². The highest BCUT2D eigenvalue weighted by atomic mass is 16.5. The third-order valence-corrected chi connectivity index (χ3v) is 1.62. The summed E-state index contributed by atoms with van der Waals surface area (Å²) in [5.41, 5.74) is 5.38. The summed E-state index contributed by atoms with van der Waals surface area (Å²) in [6.07, 6.45) is 0.190. The normalized spacial score (nSPS) is 11.4.